The van der Waals surface area contributed by atoms with Crippen molar-refractivity contribution in [1.82, 2.24) is 56.0 Å². The summed E-state index contributed by atoms with van der Waals surface area (Å²) in [6.07, 6.45) is 1.70. The Kier molecular flexibility index (Phi) is 23.8. The summed E-state index contributed by atoms with van der Waals surface area (Å²) < 4.78 is 5.41. The van der Waals surface area contributed by atoms with Gasteiger partial charge in [0.05, 0.1) is 26.2 Å². The molecule has 7 N–H and O–H groups in total. The molecule has 3 aliphatic rings. The number of rotatable bonds is 5. The number of hydrogen-bond acceptors (Lipinski definition) is 13. The molecule has 4 rings (SSSR count). The standard InChI is InChI=1S/C48H74N12O12.ClH/c1-29(2)40-44(67)50-22-32(49)46(69)59-20-14-12-18-34(59)42(65)52-24-36(61)56(6)27-39(64)58(8)41(30(3)4)45(68)51-23-33(54-48(71)72-28-31-16-10-9-11-17-31)47(70)60-21-15-13-19-35(60)43(66)53-25-37(62)55(5)26-38(63)57(40)7;/h9-11,16-17,29-30,32-35,40-41H,12-15,18-28,49H2,1-8H3,(H,50,67)(H,51,68)(H,52,65)(H,53,66)(H,54,71);1H/t32-,33-,34+,35+,40+,41+;/m1./s1. The van der Waals surface area contributed by atoms with Gasteiger partial charge in [0.25, 0.3) is 0 Å². The van der Waals surface area contributed by atoms with Crippen LogP contribution in [0.1, 0.15) is 71.8 Å². The minimum absolute atomic E-state index is 0. The number of ether oxygens (including phenoxy) is 1. The second kappa shape index (κ2) is 28.6. The van der Waals surface area contributed by atoms with Gasteiger partial charge in [-0.1, -0.05) is 58.0 Å². The largest absolute Gasteiger partial charge is 0.445 e. The summed E-state index contributed by atoms with van der Waals surface area (Å²) in [5, 5.41) is 13.0. The van der Waals surface area contributed by atoms with Crippen LogP contribution < -0.4 is 32.3 Å². The SMILES string of the molecule is CC(C)[C@H]1C(=O)NC[C@@H](NC(=O)OCc2ccccc2)C(=O)N2CCCC[C@H]2C(=O)NCC(=O)N(C)CC(=O)N(C)[C@@H](C(C)C)C(=O)NC[C@@H](N)C(=O)N2CCCC[C@H]2C(=O)NCC(=O)N(C)CC(=O)N1C.Cl. The van der Waals surface area contributed by atoms with E-state index >= 15 is 0 Å². The van der Waals surface area contributed by atoms with Crippen LogP contribution in [0, 0.1) is 11.8 Å². The molecule has 11 amide bonds. The summed E-state index contributed by atoms with van der Waals surface area (Å²) in [7, 11) is 5.47. The van der Waals surface area contributed by atoms with E-state index in [0.29, 0.717) is 31.2 Å². The highest BCUT2D eigenvalue weighted by Crippen LogP contribution is 2.21. The van der Waals surface area contributed by atoms with Crippen LogP contribution in [-0.2, 0) is 59.3 Å². The molecule has 3 aliphatic heterocycles. The molecule has 0 spiro atoms. The number of nitrogens with zero attached hydrogens (tertiary/aromatic N) is 6. The van der Waals surface area contributed by atoms with Crippen molar-refractivity contribution in [3.8, 4) is 0 Å². The van der Waals surface area contributed by atoms with Crippen molar-refractivity contribution in [2.45, 2.75) is 109 Å². The third kappa shape index (κ3) is 17.0. The molecular formula is C48H75ClN12O12. The van der Waals surface area contributed by atoms with Crippen LogP contribution in [0.2, 0.25) is 0 Å². The predicted molar refractivity (Wildman–Crippen MR) is 268 cm³/mol. The number of halogens is 1. The number of piperidine rings is 2. The molecule has 1 aromatic carbocycles. The van der Waals surface area contributed by atoms with Gasteiger partial charge in [0.15, 0.2) is 0 Å². The third-order valence-corrected chi connectivity index (χ3v) is 13.1. The molecule has 0 saturated carbocycles. The van der Waals surface area contributed by atoms with Crippen LogP contribution in [0.4, 0.5) is 4.79 Å². The van der Waals surface area contributed by atoms with Crippen LogP contribution >= 0.6 is 12.4 Å². The Morgan fingerprint density at radius 3 is 1.51 bits per heavy atom. The fourth-order valence-electron chi connectivity index (χ4n) is 8.96. The van der Waals surface area contributed by atoms with Crippen molar-refractivity contribution in [2.24, 2.45) is 17.6 Å². The molecule has 1 aromatic rings. The molecule has 406 valence electrons. The van der Waals surface area contributed by atoms with E-state index in [1.54, 1.807) is 58.0 Å². The number of fused-ring (bicyclic) bond motifs is 2. The number of carbonyl (C=O) groups is 11. The normalized spacial score (nSPS) is 25.1. The number of benzene rings is 1. The van der Waals surface area contributed by atoms with Crippen LogP contribution in [0.5, 0.6) is 0 Å². The summed E-state index contributed by atoms with van der Waals surface area (Å²) in [5.41, 5.74) is 6.95. The third-order valence-electron chi connectivity index (χ3n) is 13.1. The molecule has 0 aliphatic carbocycles. The van der Waals surface area contributed by atoms with Crippen LogP contribution in [-0.4, -0.2) is 211 Å². The molecule has 0 radical (unpaired) electrons. The van der Waals surface area contributed by atoms with E-state index in [2.05, 4.69) is 26.6 Å². The molecule has 0 unspecified atom stereocenters. The van der Waals surface area contributed by atoms with E-state index in [1.807, 2.05) is 0 Å². The van der Waals surface area contributed by atoms with Crippen molar-refractivity contribution in [2.75, 3.05) is 80.5 Å². The van der Waals surface area contributed by atoms with E-state index in [9.17, 15) is 52.7 Å². The number of carbonyl (C=O) groups excluding carboxylic acids is 11. The lowest BCUT2D eigenvalue weighted by molar-refractivity contribution is -0.146. The molecular weight excluding hydrogens is 972 g/mol. The molecule has 6 atom stereocenters. The highest BCUT2D eigenvalue weighted by Gasteiger charge is 2.40. The second-order valence-corrected chi connectivity index (χ2v) is 19.3. The summed E-state index contributed by atoms with van der Waals surface area (Å²) >= 11 is 0. The first-order valence-electron chi connectivity index (χ1n) is 24.5. The Hall–Kier alpha value is -6.56. The zero-order valence-electron chi connectivity index (χ0n) is 43.2. The maximum absolute atomic E-state index is 14.5. The van der Waals surface area contributed by atoms with Gasteiger partial charge in [0.2, 0.25) is 59.1 Å². The fourth-order valence-corrected chi connectivity index (χ4v) is 8.96. The smallest absolute Gasteiger partial charge is 0.408 e. The fraction of sp³-hybridized carbons (Fsp3) is 0.646. The first-order valence-corrected chi connectivity index (χ1v) is 24.5. The monoisotopic (exact) mass is 1050 g/mol. The summed E-state index contributed by atoms with van der Waals surface area (Å²) in [4.78, 5) is 157. The number of nitrogens with one attached hydrogen (secondary N) is 5. The second-order valence-electron chi connectivity index (χ2n) is 19.3. The van der Waals surface area contributed by atoms with Crippen LogP contribution in [0.15, 0.2) is 30.3 Å². The van der Waals surface area contributed by atoms with Gasteiger partial charge in [-0.2, -0.15) is 0 Å². The molecule has 3 heterocycles. The van der Waals surface area contributed by atoms with Crippen molar-refractivity contribution >= 4 is 77.6 Å². The van der Waals surface area contributed by atoms with Gasteiger partial charge in [0, 0.05) is 54.4 Å². The number of likely N-dealkylation sites (N-methyl/N-ethyl adjacent to an activating group) is 4. The van der Waals surface area contributed by atoms with Gasteiger partial charge in [-0.15, -0.1) is 12.4 Å². The molecule has 73 heavy (non-hydrogen) atoms. The lowest BCUT2D eigenvalue weighted by Crippen LogP contribution is -2.61. The average molecular weight is 1050 g/mol. The zero-order chi connectivity index (χ0) is 53.4. The van der Waals surface area contributed by atoms with E-state index in [-0.39, 0.29) is 51.5 Å². The number of alkyl carbamates (subject to hydrolysis) is 1. The Morgan fingerprint density at radius 2 is 1.05 bits per heavy atom. The Labute approximate surface area is 432 Å². The molecule has 3 fully saturated rings. The van der Waals surface area contributed by atoms with Crippen molar-refractivity contribution in [1.29, 1.82) is 0 Å². The van der Waals surface area contributed by atoms with E-state index < -0.39 is 146 Å². The quantitative estimate of drug-likeness (QED) is 0.189. The van der Waals surface area contributed by atoms with Gasteiger partial charge in [0.1, 0.15) is 42.9 Å². The lowest BCUT2D eigenvalue weighted by Gasteiger charge is -2.37. The zero-order valence-corrected chi connectivity index (χ0v) is 44.0. The van der Waals surface area contributed by atoms with E-state index in [1.165, 1.54) is 42.9 Å². The summed E-state index contributed by atoms with van der Waals surface area (Å²) in [6, 6.07) is 1.75. The summed E-state index contributed by atoms with van der Waals surface area (Å²) in [6.45, 7) is 4.06. The van der Waals surface area contributed by atoms with Crippen LogP contribution in [0.3, 0.4) is 0 Å². The Balaban J connectivity index is 0.0000141. The maximum Gasteiger partial charge on any atom is 0.408 e. The highest BCUT2D eigenvalue weighted by atomic mass is 35.5. The van der Waals surface area contributed by atoms with Gasteiger partial charge in [-0.05, 0) is 55.9 Å². The minimum atomic E-state index is -1.48. The van der Waals surface area contributed by atoms with E-state index in [0.717, 1.165) is 14.7 Å². The van der Waals surface area contributed by atoms with Gasteiger partial charge in [-0.25, -0.2) is 4.79 Å². The minimum Gasteiger partial charge on any atom is -0.445 e. The molecule has 0 aromatic heterocycles. The van der Waals surface area contributed by atoms with Crippen molar-refractivity contribution < 1.29 is 57.5 Å². The summed E-state index contributed by atoms with van der Waals surface area (Å²) in [5.74, 6) is -7.45. The van der Waals surface area contributed by atoms with Gasteiger partial charge in [-0.3, -0.25) is 47.9 Å². The molecule has 0 bridgehead atoms. The van der Waals surface area contributed by atoms with Crippen LogP contribution in [0.25, 0.3) is 0 Å². The van der Waals surface area contributed by atoms with Gasteiger partial charge >= 0.3 is 6.09 Å². The maximum atomic E-state index is 14.5. The first kappa shape index (κ1) is 60.7. The van der Waals surface area contributed by atoms with Crippen molar-refractivity contribution in [3.63, 3.8) is 0 Å². The molecule has 24 nitrogen and oxygen atoms in total. The number of nitrogens with two attached hydrogens (primary N) is 1. The topological polar surface area (TPSA) is 303 Å². The Morgan fingerprint density at radius 1 is 0.616 bits per heavy atom. The lowest BCUT2D eigenvalue weighted by atomic mass is 9.99. The molecule has 3 saturated heterocycles. The first-order chi connectivity index (χ1) is 34.0. The Bertz CT molecular complexity index is 2150. The van der Waals surface area contributed by atoms with E-state index in [4.69, 9.17) is 10.5 Å². The number of amides is 11. The average Bonchev–Trinajstić information content (AvgIpc) is 3.35. The predicted octanol–water partition coefficient (Wildman–Crippen LogP) is -1.85. The van der Waals surface area contributed by atoms with Crippen molar-refractivity contribution in [3.05, 3.63) is 35.9 Å². The molecule has 25 heteroatoms. The highest BCUT2D eigenvalue weighted by molar-refractivity contribution is 5.96. The number of hydrogen-bond donors (Lipinski definition) is 6. The van der Waals surface area contributed by atoms with Gasteiger partial charge < -0.3 is 66.5 Å².